The van der Waals surface area contributed by atoms with Crippen molar-refractivity contribution in [3.8, 4) is 11.3 Å². The first kappa shape index (κ1) is 16.2. The molecule has 0 atom stereocenters. The molecule has 0 saturated heterocycles. The molecule has 2 rings (SSSR count). The van der Waals surface area contributed by atoms with Gasteiger partial charge in [-0.1, -0.05) is 24.6 Å². The number of carboxylic acid groups (broad SMARTS) is 1. The number of carboxylic acids is 1. The first-order chi connectivity index (χ1) is 10.3. The monoisotopic (exact) mass is 327 g/mol. The van der Waals surface area contributed by atoms with Gasteiger partial charge in [0.05, 0.1) is 11.3 Å². The quantitative estimate of drug-likeness (QED) is 0.852. The number of aryl methyl sites for hydroxylation is 1. The van der Waals surface area contributed by atoms with Gasteiger partial charge in [0.1, 0.15) is 12.1 Å². The number of pyridine rings is 1. The maximum atomic E-state index is 14.3. The van der Waals surface area contributed by atoms with Crippen molar-refractivity contribution in [1.29, 1.82) is 0 Å². The highest BCUT2D eigenvalue weighted by Crippen LogP contribution is 2.29. The number of hydrogen-bond acceptors (Lipinski definition) is 2. The second kappa shape index (κ2) is 5.88. The Labute approximate surface area is 130 Å². The molecule has 0 aliphatic carbocycles. The Kier molecular flexibility index (Phi) is 4.32. The van der Waals surface area contributed by atoms with Gasteiger partial charge in [-0.15, -0.1) is 0 Å². The zero-order valence-corrected chi connectivity index (χ0v) is 12.7. The van der Waals surface area contributed by atoms with Crippen molar-refractivity contribution in [3.05, 3.63) is 46.1 Å². The molecule has 3 N–H and O–H groups in total. The van der Waals surface area contributed by atoms with Crippen molar-refractivity contribution in [1.82, 2.24) is 0 Å². The van der Waals surface area contributed by atoms with Crippen LogP contribution in [0.1, 0.15) is 23.0 Å². The molecule has 4 nitrogen and oxygen atoms in total. The molecule has 1 aromatic carbocycles. The second-order valence-electron chi connectivity index (χ2n) is 4.77. The van der Waals surface area contributed by atoms with E-state index in [0.717, 1.165) is 0 Å². The first-order valence-corrected chi connectivity index (χ1v) is 6.85. The summed E-state index contributed by atoms with van der Waals surface area (Å²) in [6.07, 6.45) is 0.346. The molecule has 7 heteroatoms. The molecule has 0 fully saturated rings. The Morgan fingerprint density at radius 2 is 2.00 bits per heavy atom. The van der Waals surface area contributed by atoms with Crippen molar-refractivity contribution < 1.29 is 23.2 Å². The SMILES string of the molecule is CCc1ccc(-c2cc(N)c(Cl)c(C(=O)O)[n+]2C)c(F)c1F. The highest BCUT2D eigenvalue weighted by atomic mass is 35.5. The summed E-state index contributed by atoms with van der Waals surface area (Å²) in [4.78, 5) is 11.3. The average Bonchev–Trinajstić information content (AvgIpc) is 2.46. The topological polar surface area (TPSA) is 67.2 Å². The van der Waals surface area contributed by atoms with Crippen LogP contribution in [0.5, 0.6) is 0 Å². The molecule has 0 unspecified atom stereocenters. The van der Waals surface area contributed by atoms with Crippen molar-refractivity contribution in [3.63, 3.8) is 0 Å². The predicted octanol–water partition coefficient (Wildman–Crippen LogP) is 2.95. The molecule has 0 aliphatic heterocycles. The molecule has 0 aliphatic rings. The largest absolute Gasteiger partial charge is 0.473 e. The Bertz CT molecular complexity index is 779. The zero-order chi connectivity index (χ0) is 16.6. The van der Waals surface area contributed by atoms with Crippen LogP contribution >= 0.6 is 11.6 Å². The van der Waals surface area contributed by atoms with Gasteiger partial charge in [-0.05, 0) is 18.1 Å². The number of benzene rings is 1. The number of rotatable bonds is 3. The van der Waals surface area contributed by atoms with Gasteiger partial charge in [-0.25, -0.2) is 13.6 Å². The molecule has 0 saturated carbocycles. The van der Waals surface area contributed by atoms with E-state index in [9.17, 15) is 18.7 Å². The fraction of sp³-hybridized carbons (Fsp3) is 0.200. The Morgan fingerprint density at radius 1 is 1.36 bits per heavy atom. The number of nitrogen functional groups attached to an aromatic ring is 1. The van der Waals surface area contributed by atoms with E-state index < -0.39 is 17.6 Å². The number of hydrogen-bond donors (Lipinski definition) is 2. The molecule has 0 spiro atoms. The number of carbonyl (C=O) groups is 1. The zero-order valence-electron chi connectivity index (χ0n) is 12.0. The summed E-state index contributed by atoms with van der Waals surface area (Å²) in [6.45, 7) is 1.71. The molecule has 2 aromatic rings. The van der Waals surface area contributed by atoms with E-state index in [1.54, 1.807) is 6.92 Å². The average molecular weight is 328 g/mol. The summed E-state index contributed by atoms with van der Waals surface area (Å²) < 4.78 is 29.4. The lowest BCUT2D eigenvalue weighted by molar-refractivity contribution is -0.662. The second-order valence-corrected chi connectivity index (χ2v) is 5.14. The lowest BCUT2D eigenvalue weighted by atomic mass is 10.0. The summed E-state index contributed by atoms with van der Waals surface area (Å²) in [7, 11) is 1.40. The molecule has 1 heterocycles. The first-order valence-electron chi connectivity index (χ1n) is 6.48. The van der Waals surface area contributed by atoms with E-state index in [2.05, 4.69) is 0 Å². The summed E-state index contributed by atoms with van der Waals surface area (Å²) >= 11 is 5.88. The summed E-state index contributed by atoms with van der Waals surface area (Å²) in [5.41, 5.74) is 5.65. The number of nitrogens with zero attached hydrogens (tertiary/aromatic N) is 1. The fourth-order valence-corrected chi connectivity index (χ4v) is 2.53. The van der Waals surface area contributed by atoms with Crippen molar-refractivity contribution in [2.75, 3.05) is 5.73 Å². The number of anilines is 1. The van der Waals surface area contributed by atoms with Gasteiger partial charge in [0.2, 0.25) is 5.69 Å². The molecule has 0 radical (unpaired) electrons. The molecule has 1 aromatic heterocycles. The van der Waals surface area contributed by atoms with Crippen LogP contribution in [0.4, 0.5) is 14.5 Å². The van der Waals surface area contributed by atoms with Crippen LogP contribution < -0.4 is 10.3 Å². The minimum Gasteiger partial charge on any atom is -0.473 e. The van der Waals surface area contributed by atoms with Crippen LogP contribution in [-0.2, 0) is 13.5 Å². The maximum absolute atomic E-state index is 14.3. The predicted molar refractivity (Wildman–Crippen MR) is 78.7 cm³/mol. The van der Waals surface area contributed by atoms with Gasteiger partial charge in [0, 0.05) is 6.07 Å². The maximum Gasteiger partial charge on any atom is 0.402 e. The number of nitrogens with two attached hydrogens (primary N) is 1. The Morgan fingerprint density at radius 3 is 2.55 bits per heavy atom. The minimum absolute atomic E-state index is 0.0217. The molecule has 0 bridgehead atoms. The van der Waals surface area contributed by atoms with Gasteiger partial charge in [0.25, 0.3) is 0 Å². The lowest BCUT2D eigenvalue weighted by Gasteiger charge is -2.09. The van der Waals surface area contributed by atoms with Gasteiger partial charge < -0.3 is 10.8 Å². The summed E-state index contributed by atoms with van der Waals surface area (Å²) in [6, 6.07) is 4.17. The third-order valence-corrected chi connectivity index (χ3v) is 3.87. The lowest BCUT2D eigenvalue weighted by Crippen LogP contribution is -2.39. The molecular formula is C15H14ClF2N2O2+. The smallest absolute Gasteiger partial charge is 0.402 e. The fourth-order valence-electron chi connectivity index (χ4n) is 2.27. The van der Waals surface area contributed by atoms with Crippen LogP contribution in [0.15, 0.2) is 18.2 Å². The van der Waals surface area contributed by atoms with Crippen LogP contribution in [0, 0.1) is 11.6 Å². The van der Waals surface area contributed by atoms with Crippen LogP contribution in [0.3, 0.4) is 0 Å². The van der Waals surface area contributed by atoms with Crippen LogP contribution in [-0.4, -0.2) is 11.1 Å². The minimum atomic E-state index is -1.31. The van der Waals surface area contributed by atoms with Gasteiger partial charge in [0.15, 0.2) is 11.6 Å². The third kappa shape index (κ3) is 2.50. The van der Waals surface area contributed by atoms with Crippen LogP contribution in [0.25, 0.3) is 11.3 Å². The third-order valence-electron chi connectivity index (χ3n) is 3.47. The van der Waals surface area contributed by atoms with Crippen molar-refractivity contribution in [2.24, 2.45) is 7.05 Å². The van der Waals surface area contributed by atoms with Gasteiger partial charge in [-0.3, -0.25) is 0 Å². The molecule has 22 heavy (non-hydrogen) atoms. The van der Waals surface area contributed by atoms with E-state index >= 15 is 0 Å². The molecule has 0 amide bonds. The standard InChI is InChI=1S/C15H13ClF2N2O2/c1-3-7-4-5-8(13(18)12(7)17)10-6-9(19)11(16)14(15(21)22)20(10)2/h4-6,19H,3H2,1-2H3,(H,21,22)/p+1. The number of aromatic nitrogens is 1. The molecule has 116 valence electrons. The van der Waals surface area contributed by atoms with E-state index in [4.69, 9.17) is 17.3 Å². The highest BCUT2D eigenvalue weighted by Gasteiger charge is 2.29. The summed E-state index contributed by atoms with van der Waals surface area (Å²) in [5.74, 6) is -3.31. The summed E-state index contributed by atoms with van der Waals surface area (Å²) in [5, 5.41) is 9.07. The van der Waals surface area contributed by atoms with E-state index in [1.165, 1.54) is 29.8 Å². The van der Waals surface area contributed by atoms with E-state index in [1.807, 2.05) is 0 Å². The van der Waals surface area contributed by atoms with E-state index in [-0.39, 0.29) is 33.2 Å². The van der Waals surface area contributed by atoms with Gasteiger partial charge in [-0.2, -0.15) is 4.57 Å². The number of halogens is 3. The normalized spacial score (nSPS) is 10.8. The highest BCUT2D eigenvalue weighted by molar-refractivity contribution is 6.35. The van der Waals surface area contributed by atoms with Gasteiger partial charge >= 0.3 is 11.7 Å². The van der Waals surface area contributed by atoms with Crippen LogP contribution in [0.2, 0.25) is 5.02 Å². The van der Waals surface area contributed by atoms with Crippen molar-refractivity contribution in [2.45, 2.75) is 13.3 Å². The van der Waals surface area contributed by atoms with E-state index in [0.29, 0.717) is 6.42 Å². The number of aromatic carboxylic acids is 1. The van der Waals surface area contributed by atoms with Crippen molar-refractivity contribution >= 4 is 23.3 Å². The molecular weight excluding hydrogens is 314 g/mol. The Balaban J connectivity index is 2.79. The Hall–Kier alpha value is -2.21.